The first kappa shape index (κ1) is 21.1. The van der Waals surface area contributed by atoms with Crippen molar-refractivity contribution in [3.8, 4) is 0 Å². The molecule has 4 rings (SSSR count). The van der Waals surface area contributed by atoms with Crippen LogP contribution in [0.4, 0.5) is 4.79 Å². The lowest BCUT2D eigenvalue weighted by atomic mass is 9.83. The molecule has 7 nitrogen and oxygen atoms in total. The van der Waals surface area contributed by atoms with Crippen molar-refractivity contribution in [3.05, 3.63) is 71.8 Å². The van der Waals surface area contributed by atoms with Gasteiger partial charge in [-0.15, -0.1) is 0 Å². The van der Waals surface area contributed by atoms with Gasteiger partial charge in [-0.05, 0) is 17.5 Å². The Kier molecular flexibility index (Phi) is 5.78. The van der Waals surface area contributed by atoms with Crippen LogP contribution in [0.3, 0.4) is 0 Å². The number of nitrogens with zero attached hydrogens (tertiary/aromatic N) is 1. The van der Waals surface area contributed by atoms with Gasteiger partial charge in [-0.1, -0.05) is 74.5 Å². The third-order valence-electron chi connectivity index (χ3n) is 6.16. The second kappa shape index (κ2) is 8.51. The molecule has 7 heteroatoms. The molecule has 2 aliphatic rings. The maximum absolute atomic E-state index is 13.6. The molecule has 2 atom stereocenters. The molecule has 0 bridgehead atoms. The molecule has 0 aromatic heterocycles. The van der Waals surface area contributed by atoms with Crippen LogP contribution in [0.5, 0.6) is 0 Å². The van der Waals surface area contributed by atoms with Gasteiger partial charge in [0.05, 0.1) is 13.1 Å². The third kappa shape index (κ3) is 4.05. The summed E-state index contributed by atoms with van der Waals surface area (Å²) in [6.07, 6.45) is 1.16. The van der Waals surface area contributed by atoms with E-state index in [0.717, 1.165) is 24.5 Å². The minimum atomic E-state index is -1.38. The summed E-state index contributed by atoms with van der Waals surface area (Å²) in [6, 6.07) is 17.6. The van der Waals surface area contributed by atoms with E-state index in [0.29, 0.717) is 23.0 Å². The maximum atomic E-state index is 13.6. The highest BCUT2D eigenvalue weighted by molar-refractivity contribution is 6.10. The fourth-order valence-electron chi connectivity index (χ4n) is 5.02. The van der Waals surface area contributed by atoms with E-state index in [-0.39, 0.29) is 12.5 Å². The standard InChI is InChI=1S/C24H28N4O3/c1-17-13-18(2)15-27(14-17)16-21(29)26-28-22(30)24(25-23(28)31,19-9-5-3-6-10-19)20-11-7-4-8-12-20/h3-12,17-18H,13-16H2,1-2H3,(H,25,31)(H,26,29)/p+1/t17-,18-/m0/s1. The van der Waals surface area contributed by atoms with Crippen LogP contribution in [-0.2, 0) is 15.1 Å². The fourth-order valence-corrected chi connectivity index (χ4v) is 5.02. The number of hydrogen-bond donors (Lipinski definition) is 3. The highest BCUT2D eigenvalue weighted by atomic mass is 16.2. The summed E-state index contributed by atoms with van der Waals surface area (Å²) in [4.78, 5) is 40.4. The number of quaternary nitrogens is 1. The molecule has 4 amide bonds. The molecular weight excluding hydrogens is 392 g/mol. The van der Waals surface area contributed by atoms with Crippen molar-refractivity contribution < 1.29 is 19.3 Å². The first-order valence-electron chi connectivity index (χ1n) is 10.8. The zero-order valence-corrected chi connectivity index (χ0v) is 17.9. The number of piperidine rings is 1. The molecule has 2 aliphatic heterocycles. The summed E-state index contributed by atoms with van der Waals surface area (Å²) in [6.45, 7) is 6.44. The van der Waals surface area contributed by atoms with Crippen LogP contribution in [0.1, 0.15) is 31.4 Å². The van der Waals surface area contributed by atoms with Gasteiger partial charge in [0.25, 0.3) is 11.8 Å². The molecule has 2 aromatic rings. The Hall–Kier alpha value is -3.19. The fraction of sp³-hybridized carbons (Fsp3) is 0.375. The summed E-state index contributed by atoms with van der Waals surface area (Å²) in [5.41, 5.74) is 2.46. The highest BCUT2D eigenvalue weighted by Crippen LogP contribution is 2.35. The number of nitrogens with one attached hydrogen (secondary N) is 3. The van der Waals surface area contributed by atoms with E-state index >= 15 is 0 Å². The van der Waals surface area contributed by atoms with Gasteiger partial charge in [0.15, 0.2) is 12.1 Å². The monoisotopic (exact) mass is 421 g/mol. The van der Waals surface area contributed by atoms with Crippen molar-refractivity contribution in [2.75, 3.05) is 19.6 Å². The third-order valence-corrected chi connectivity index (χ3v) is 6.16. The lowest BCUT2D eigenvalue weighted by Crippen LogP contribution is -3.15. The van der Waals surface area contributed by atoms with Gasteiger partial charge in [-0.2, -0.15) is 5.01 Å². The molecule has 0 saturated carbocycles. The predicted octanol–water partition coefficient (Wildman–Crippen LogP) is 1.07. The number of imide groups is 1. The van der Waals surface area contributed by atoms with Crippen LogP contribution in [0.2, 0.25) is 0 Å². The van der Waals surface area contributed by atoms with Gasteiger partial charge in [-0.3, -0.25) is 15.0 Å². The number of likely N-dealkylation sites (tertiary alicyclic amines) is 1. The Balaban J connectivity index is 1.57. The molecular formula is C24H29N4O3+. The van der Waals surface area contributed by atoms with Gasteiger partial charge < -0.3 is 10.2 Å². The quantitative estimate of drug-likeness (QED) is 0.632. The smallest absolute Gasteiger partial charge is 0.327 e. The summed E-state index contributed by atoms with van der Waals surface area (Å²) >= 11 is 0. The lowest BCUT2D eigenvalue weighted by molar-refractivity contribution is -0.904. The molecule has 0 radical (unpaired) electrons. The van der Waals surface area contributed by atoms with Crippen molar-refractivity contribution in [2.45, 2.75) is 25.8 Å². The number of amides is 4. The number of carbonyl (C=O) groups is 3. The normalized spacial score (nSPS) is 25.2. The van der Waals surface area contributed by atoms with Crippen molar-refractivity contribution in [1.82, 2.24) is 15.8 Å². The molecule has 0 aliphatic carbocycles. The second-order valence-electron chi connectivity index (χ2n) is 8.87. The largest absolute Gasteiger partial charge is 0.344 e. The lowest BCUT2D eigenvalue weighted by Gasteiger charge is -2.31. The predicted molar refractivity (Wildman–Crippen MR) is 116 cm³/mol. The zero-order chi connectivity index (χ0) is 22.0. The Morgan fingerprint density at radius 3 is 2.03 bits per heavy atom. The maximum Gasteiger partial charge on any atom is 0.344 e. The van der Waals surface area contributed by atoms with Gasteiger partial charge in [0.2, 0.25) is 0 Å². The second-order valence-corrected chi connectivity index (χ2v) is 8.87. The summed E-state index contributed by atoms with van der Waals surface area (Å²) in [5.74, 6) is 0.245. The number of hydrogen-bond acceptors (Lipinski definition) is 3. The number of carbonyl (C=O) groups excluding carboxylic acids is 3. The molecule has 2 aromatic carbocycles. The molecule has 2 heterocycles. The van der Waals surface area contributed by atoms with Gasteiger partial charge >= 0.3 is 6.03 Å². The summed E-state index contributed by atoms with van der Waals surface area (Å²) in [7, 11) is 0. The van der Waals surface area contributed by atoms with E-state index in [9.17, 15) is 14.4 Å². The van der Waals surface area contributed by atoms with E-state index in [2.05, 4.69) is 24.6 Å². The number of rotatable bonds is 5. The molecule has 2 fully saturated rings. The average molecular weight is 422 g/mol. The Labute approximate surface area is 182 Å². The SMILES string of the molecule is C[C@H]1C[C@H](C)C[NH+](CC(=O)NN2C(=O)NC(c3ccccc3)(c3ccccc3)C2=O)C1. The van der Waals surface area contributed by atoms with Crippen molar-refractivity contribution in [2.24, 2.45) is 11.8 Å². The van der Waals surface area contributed by atoms with Crippen LogP contribution >= 0.6 is 0 Å². The van der Waals surface area contributed by atoms with Crippen molar-refractivity contribution >= 4 is 17.8 Å². The minimum absolute atomic E-state index is 0.232. The van der Waals surface area contributed by atoms with Gasteiger partial charge in [-0.25, -0.2) is 4.79 Å². The molecule has 31 heavy (non-hydrogen) atoms. The number of benzene rings is 2. The first-order chi connectivity index (χ1) is 14.9. The number of urea groups is 1. The molecule has 162 valence electrons. The minimum Gasteiger partial charge on any atom is -0.327 e. The Morgan fingerprint density at radius 1 is 1.00 bits per heavy atom. The van der Waals surface area contributed by atoms with E-state index in [1.54, 1.807) is 24.3 Å². The molecule has 0 unspecified atom stereocenters. The average Bonchev–Trinajstić information content (AvgIpc) is 3.00. The Morgan fingerprint density at radius 2 is 1.52 bits per heavy atom. The van der Waals surface area contributed by atoms with Crippen LogP contribution < -0.4 is 15.6 Å². The van der Waals surface area contributed by atoms with Gasteiger partial charge in [0.1, 0.15) is 0 Å². The molecule has 3 N–H and O–H groups in total. The topological polar surface area (TPSA) is 82.9 Å². The molecule has 2 saturated heterocycles. The first-order valence-corrected chi connectivity index (χ1v) is 10.8. The zero-order valence-electron chi connectivity index (χ0n) is 17.9. The highest BCUT2D eigenvalue weighted by Gasteiger charge is 2.54. The van der Waals surface area contributed by atoms with Crippen LogP contribution in [0, 0.1) is 11.8 Å². The van der Waals surface area contributed by atoms with E-state index < -0.39 is 17.5 Å². The van der Waals surface area contributed by atoms with E-state index in [4.69, 9.17) is 0 Å². The summed E-state index contributed by atoms with van der Waals surface area (Å²) < 4.78 is 0. The number of hydrazine groups is 1. The van der Waals surface area contributed by atoms with Crippen LogP contribution in [0.15, 0.2) is 60.7 Å². The van der Waals surface area contributed by atoms with E-state index in [1.807, 2.05) is 36.4 Å². The van der Waals surface area contributed by atoms with Gasteiger partial charge in [0, 0.05) is 11.8 Å². The van der Waals surface area contributed by atoms with Crippen LogP contribution in [0.25, 0.3) is 0 Å². The Bertz CT molecular complexity index is 914. The molecule has 0 spiro atoms. The van der Waals surface area contributed by atoms with E-state index in [1.165, 1.54) is 4.90 Å². The van der Waals surface area contributed by atoms with Crippen molar-refractivity contribution in [3.63, 3.8) is 0 Å². The van der Waals surface area contributed by atoms with Crippen LogP contribution in [-0.4, -0.2) is 42.5 Å². The summed E-state index contributed by atoms with van der Waals surface area (Å²) in [5, 5.41) is 3.67. The van der Waals surface area contributed by atoms with Crippen molar-refractivity contribution in [1.29, 1.82) is 0 Å².